The van der Waals surface area contributed by atoms with Crippen molar-refractivity contribution in [2.45, 2.75) is 58.0 Å². The molecule has 0 aliphatic carbocycles. The fraction of sp³-hybridized carbons (Fsp3) is 0.345. The van der Waals surface area contributed by atoms with Crippen LogP contribution in [0, 0.1) is 0 Å². The molecule has 2 atom stereocenters. The first-order valence-electron chi connectivity index (χ1n) is 11.7. The lowest BCUT2D eigenvalue weighted by molar-refractivity contribution is 0.0841. The van der Waals surface area contributed by atoms with Gasteiger partial charge >= 0.3 is 0 Å². The lowest BCUT2D eigenvalue weighted by Crippen LogP contribution is -2.61. The van der Waals surface area contributed by atoms with Crippen LogP contribution in [0.25, 0.3) is 0 Å². The van der Waals surface area contributed by atoms with Crippen LogP contribution in [0.2, 0.25) is 10.0 Å². The molecular formula is C29H34Cl2N2O2. The molecule has 35 heavy (non-hydrogen) atoms. The molecule has 3 aromatic carbocycles. The Bertz CT molecular complexity index is 1180. The van der Waals surface area contributed by atoms with Crippen molar-refractivity contribution in [2.75, 3.05) is 6.61 Å². The Morgan fingerprint density at radius 1 is 0.829 bits per heavy atom. The Morgan fingerprint density at radius 3 is 1.80 bits per heavy atom. The van der Waals surface area contributed by atoms with Gasteiger partial charge in [0.05, 0.1) is 23.2 Å². The SMILES string of the molecule is CCOc1cc(C(C)(C)C)ccc1C(=O)N[C@](C)(c1ccc(Cl)cc1)[C@@](C)(N)c1ccc(Cl)cc1. The molecule has 4 nitrogen and oxygen atoms in total. The summed E-state index contributed by atoms with van der Waals surface area (Å²) in [4.78, 5) is 13.8. The molecule has 0 saturated carbocycles. The summed E-state index contributed by atoms with van der Waals surface area (Å²) in [5, 5.41) is 4.45. The zero-order valence-electron chi connectivity index (χ0n) is 21.2. The smallest absolute Gasteiger partial charge is 0.255 e. The number of carbonyl (C=O) groups is 1. The maximum atomic E-state index is 13.8. The van der Waals surface area contributed by atoms with Crippen LogP contribution >= 0.6 is 23.2 Å². The summed E-state index contributed by atoms with van der Waals surface area (Å²) in [6, 6.07) is 20.4. The highest BCUT2D eigenvalue weighted by Gasteiger charge is 2.46. The minimum absolute atomic E-state index is 0.0803. The number of amides is 1. The van der Waals surface area contributed by atoms with Gasteiger partial charge in [-0.3, -0.25) is 4.79 Å². The number of nitrogens with two attached hydrogens (primary N) is 1. The van der Waals surface area contributed by atoms with E-state index in [-0.39, 0.29) is 11.3 Å². The highest BCUT2D eigenvalue weighted by Crippen LogP contribution is 2.40. The molecule has 0 heterocycles. The minimum atomic E-state index is -1.01. The van der Waals surface area contributed by atoms with Crippen LogP contribution in [0.4, 0.5) is 0 Å². The molecule has 0 bridgehead atoms. The third-order valence-electron chi connectivity index (χ3n) is 6.66. The molecule has 0 saturated heterocycles. The van der Waals surface area contributed by atoms with E-state index in [1.54, 1.807) is 24.3 Å². The lowest BCUT2D eigenvalue weighted by atomic mass is 9.71. The van der Waals surface area contributed by atoms with Crippen molar-refractivity contribution in [3.8, 4) is 5.75 Å². The molecule has 0 radical (unpaired) electrons. The van der Waals surface area contributed by atoms with Crippen LogP contribution in [0.1, 0.15) is 68.6 Å². The van der Waals surface area contributed by atoms with Crippen LogP contribution in [0.15, 0.2) is 66.7 Å². The second-order valence-electron chi connectivity index (χ2n) is 10.2. The van der Waals surface area contributed by atoms with Crippen LogP contribution in [0.5, 0.6) is 5.75 Å². The zero-order valence-corrected chi connectivity index (χ0v) is 22.7. The molecule has 0 fully saturated rings. The number of benzene rings is 3. The first kappa shape index (κ1) is 27.1. The molecule has 3 aromatic rings. The van der Waals surface area contributed by atoms with Gasteiger partial charge in [-0.2, -0.15) is 0 Å². The topological polar surface area (TPSA) is 64.3 Å². The summed E-state index contributed by atoms with van der Waals surface area (Å²) >= 11 is 12.3. The van der Waals surface area contributed by atoms with E-state index in [4.69, 9.17) is 33.7 Å². The van der Waals surface area contributed by atoms with Gasteiger partial charge < -0.3 is 15.8 Å². The van der Waals surface area contributed by atoms with Gasteiger partial charge in [-0.15, -0.1) is 0 Å². The minimum Gasteiger partial charge on any atom is -0.493 e. The predicted molar refractivity (Wildman–Crippen MR) is 146 cm³/mol. The average Bonchev–Trinajstić information content (AvgIpc) is 2.79. The molecule has 0 spiro atoms. The molecule has 186 valence electrons. The standard InChI is InChI=1S/C29H34Cl2N2O2/c1-7-35-25-18-21(27(2,3)4)12-17-24(25)26(34)33-29(6,20-10-15-23(31)16-11-20)28(5,32)19-8-13-22(30)14-9-19/h8-18H,7,32H2,1-6H3,(H,33,34)/t28-,29+/m0/s1. The molecule has 3 rings (SSSR count). The molecule has 3 N–H and O–H groups in total. The Labute approximate surface area is 218 Å². The van der Waals surface area contributed by atoms with Gasteiger partial charge in [0.25, 0.3) is 5.91 Å². The maximum Gasteiger partial charge on any atom is 0.255 e. The first-order valence-corrected chi connectivity index (χ1v) is 12.5. The van der Waals surface area contributed by atoms with Crippen LogP contribution in [-0.2, 0) is 16.5 Å². The highest BCUT2D eigenvalue weighted by atomic mass is 35.5. The number of hydrogen-bond acceptors (Lipinski definition) is 3. The summed E-state index contributed by atoms with van der Waals surface area (Å²) in [5.74, 6) is 0.262. The van der Waals surface area contributed by atoms with Gasteiger partial charge in [0.1, 0.15) is 5.75 Å². The average molecular weight is 514 g/mol. The molecule has 0 aliphatic rings. The number of nitrogens with one attached hydrogen (secondary N) is 1. The Morgan fingerprint density at radius 2 is 1.31 bits per heavy atom. The lowest BCUT2D eigenvalue weighted by Gasteiger charge is -2.45. The van der Waals surface area contributed by atoms with E-state index in [1.165, 1.54) is 0 Å². The van der Waals surface area contributed by atoms with Crippen LogP contribution in [0.3, 0.4) is 0 Å². The second-order valence-corrected chi connectivity index (χ2v) is 11.1. The number of halogens is 2. The molecule has 0 aromatic heterocycles. The van der Waals surface area contributed by atoms with Crippen molar-refractivity contribution in [2.24, 2.45) is 5.73 Å². The first-order chi connectivity index (χ1) is 16.3. The van der Waals surface area contributed by atoms with Gasteiger partial charge in [0.15, 0.2) is 0 Å². The van der Waals surface area contributed by atoms with Crippen LogP contribution < -0.4 is 15.8 Å². The van der Waals surface area contributed by atoms with Crippen molar-refractivity contribution < 1.29 is 9.53 Å². The van der Waals surface area contributed by atoms with Gasteiger partial charge in [-0.25, -0.2) is 0 Å². The fourth-order valence-corrected chi connectivity index (χ4v) is 4.37. The fourth-order valence-electron chi connectivity index (χ4n) is 4.12. The van der Waals surface area contributed by atoms with E-state index in [0.29, 0.717) is 28.0 Å². The normalized spacial score (nSPS) is 15.1. The van der Waals surface area contributed by atoms with Crippen molar-refractivity contribution in [3.05, 3.63) is 99.0 Å². The highest BCUT2D eigenvalue weighted by molar-refractivity contribution is 6.30. The van der Waals surface area contributed by atoms with E-state index in [0.717, 1.165) is 16.7 Å². The third kappa shape index (κ3) is 5.66. The summed E-state index contributed by atoms with van der Waals surface area (Å²) in [6.07, 6.45) is 0. The zero-order chi connectivity index (χ0) is 26.0. The molecule has 6 heteroatoms. The van der Waals surface area contributed by atoms with E-state index in [9.17, 15) is 4.79 Å². The van der Waals surface area contributed by atoms with Crippen molar-refractivity contribution in [1.29, 1.82) is 0 Å². The van der Waals surface area contributed by atoms with Gasteiger partial charge in [-0.1, -0.05) is 74.3 Å². The number of ether oxygens (including phenoxy) is 1. The Hall–Kier alpha value is -2.53. The van der Waals surface area contributed by atoms with Crippen molar-refractivity contribution in [1.82, 2.24) is 5.32 Å². The molecule has 0 aliphatic heterocycles. The van der Waals surface area contributed by atoms with E-state index >= 15 is 0 Å². The predicted octanol–water partition coefficient (Wildman–Crippen LogP) is 7.21. The van der Waals surface area contributed by atoms with E-state index in [2.05, 4.69) is 26.1 Å². The summed E-state index contributed by atoms with van der Waals surface area (Å²) in [7, 11) is 0. The number of carbonyl (C=O) groups excluding carboxylic acids is 1. The third-order valence-corrected chi connectivity index (χ3v) is 7.16. The number of rotatable bonds is 7. The van der Waals surface area contributed by atoms with E-state index < -0.39 is 11.1 Å². The largest absolute Gasteiger partial charge is 0.493 e. The second kappa shape index (κ2) is 10.2. The number of hydrogen-bond donors (Lipinski definition) is 2. The van der Waals surface area contributed by atoms with Crippen LogP contribution in [-0.4, -0.2) is 12.5 Å². The Balaban J connectivity index is 2.11. The van der Waals surface area contributed by atoms with Gasteiger partial charge in [-0.05, 0) is 79.3 Å². The van der Waals surface area contributed by atoms with Crippen molar-refractivity contribution >= 4 is 29.1 Å². The van der Waals surface area contributed by atoms with Crippen molar-refractivity contribution in [3.63, 3.8) is 0 Å². The van der Waals surface area contributed by atoms with Gasteiger partial charge in [0, 0.05) is 10.0 Å². The molecular weight excluding hydrogens is 479 g/mol. The molecule has 0 unspecified atom stereocenters. The summed E-state index contributed by atoms with van der Waals surface area (Å²) < 4.78 is 5.89. The summed E-state index contributed by atoms with van der Waals surface area (Å²) in [5.41, 5.74) is 8.11. The molecule has 1 amide bonds. The van der Waals surface area contributed by atoms with Gasteiger partial charge in [0.2, 0.25) is 0 Å². The monoisotopic (exact) mass is 512 g/mol. The Kier molecular flexibility index (Phi) is 7.90. The summed E-state index contributed by atoms with van der Waals surface area (Å²) in [6.45, 7) is 12.6. The van der Waals surface area contributed by atoms with E-state index in [1.807, 2.05) is 63.2 Å². The maximum absolute atomic E-state index is 13.8. The quantitative estimate of drug-likeness (QED) is 0.351.